The maximum Gasteiger partial charge on any atom is 0.0101 e. The Hall–Kier alpha value is -0.640. The average Bonchev–Trinajstić information content (AvgIpc) is 2.06. The van der Waals surface area contributed by atoms with Crippen molar-refractivity contribution in [3.63, 3.8) is 0 Å². The van der Waals surface area contributed by atoms with E-state index in [0.717, 1.165) is 0 Å². The van der Waals surface area contributed by atoms with E-state index < -0.39 is 0 Å². The standard InChI is InChI=1S/C2H6N4/c1-5(2)6-3-4-6/h1-2H3. The average molecular weight is 86.1 g/mol. The summed E-state index contributed by atoms with van der Waals surface area (Å²) in [6.07, 6.45) is 0. The van der Waals surface area contributed by atoms with Crippen molar-refractivity contribution < 1.29 is 0 Å². The van der Waals surface area contributed by atoms with Gasteiger partial charge in [0.15, 0.2) is 0 Å². The Bertz CT molecular complexity index is 69.6. The predicted octanol–water partition coefficient (Wildman–Crippen LogP) is 0.0608. The molecule has 0 aliphatic carbocycles. The molecule has 1 aliphatic rings. The molecule has 1 heterocycles. The van der Waals surface area contributed by atoms with Gasteiger partial charge >= 0.3 is 0 Å². The van der Waals surface area contributed by atoms with E-state index in [9.17, 15) is 0 Å². The molecule has 0 radical (unpaired) electrons. The van der Waals surface area contributed by atoms with Gasteiger partial charge in [0, 0.05) is 14.1 Å². The minimum Gasteiger partial charge on any atom is -0.186 e. The van der Waals surface area contributed by atoms with Crippen LogP contribution in [0.4, 0.5) is 0 Å². The van der Waals surface area contributed by atoms with Crippen LogP contribution in [0.15, 0.2) is 10.4 Å². The summed E-state index contributed by atoms with van der Waals surface area (Å²) in [6, 6.07) is 0. The van der Waals surface area contributed by atoms with Gasteiger partial charge in [-0.2, -0.15) is 5.01 Å². The number of hydrazine groups is 1. The van der Waals surface area contributed by atoms with E-state index in [-0.39, 0.29) is 0 Å². The summed E-state index contributed by atoms with van der Waals surface area (Å²) in [5.74, 6) is 0. The first-order valence-electron chi connectivity index (χ1n) is 1.69. The molecule has 1 aliphatic heterocycles. The van der Waals surface area contributed by atoms with Crippen molar-refractivity contribution in [2.75, 3.05) is 14.1 Å². The Morgan fingerprint density at radius 2 is 1.83 bits per heavy atom. The van der Waals surface area contributed by atoms with Crippen molar-refractivity contribution >= 4 is 0 Å². The van der Waals surface area contributed by atoms with Crippen molar-refractivity contribution in [2.24, 2.45) is 10.4 Å². The molecule has 1 rings (SSSR count). The molecular weight excluding hydrogens is 80.0 g/mol. The summed E-state index contributed by atoms with van der Waals surface area (Å²) in [4.78, 5) is 0. The lowest BCUT2D eigenvalue weighted by molar-refractivity contribution is 0.126. The van der Waals surface area contributed by atoms with Gasteiger partial charge in [-0.3, -0.25) is 0 Å². The Balaban J connectivity index is 2.16. The van der Waals surface area contributed by atoms with Gasteiger partial charge in [-0.25, -0.2) is 0 Å². The van der Waals surface area contributed by atoms with E-state index in [1.165, 1.54) is 5.23 Å². The summed E-state index contributed by atoms with van der Waals surface area (Å²) in [7, 11) is 3.75. The van der Waals surface area contributed by atoms with Crippen molar-refractivity contribution in [1.82, 2.24) is 10.2 Å². The van der Waals surface area contributed by atoms with Crippen LogP contribution in [0.5, 0.6) is 0 Å². The van der Waals surface area contributed by atoms with E-state index >= 15 is 0 Å². The Morgan fingerprint density at radius 1 is 1.33 bits per heavy atom. The van der Waals surface area contributed by atoms with Crippen LogP contribution in [0.2, 0.25) is 0 Å². The molecule has 0 unspecified atom stereocenters. The number of hydrogen-bond acceptors (Lipinski definition) is 4. The van der Waals surface area contributed by atoms with Crippen LogP contribution in [0, 0.1) is 0 Å². The summed E-state index contributed by atoms with van der Waals surface area (Å²) in [5, 5.41) is 10.2. The number of hydrogen-bond donors (Lipinski definition) is 0. The lowest BCUT2D eigenvalue weighted by Gasteiger charge is -2.01. The van der Waals surface area contributed by atoms with Crippen LogP contribution in [-0.4, -0.2) is 24.3 Å². The van der Waals surface area contributed by atoms with Crippen molar-refractivity contribution in [3.05, 3.63) is 0 Å². The molecular formula is C2H6N4. The first kappa shape index (κ1) is 3.55. The van der Waals surface area contributed by atoms with Gasteiger partial charge in [0.2, 0.25) is 0 Å². The van der Waals surface area contributed by atoms with Crippen LogP contribution in [0.3, 0.4) is 0 Å². The fourth-order valence-corrected chi connectivity index (χ4v) is 0.178. The minimum absolute atomic E-state index is 1.50. The molecule has 0 fully saturated rings. The second-order valence-electron chi connectivity index (χ2n) is 1.29. The Kier molecular flexibility index (Phi) is 0.537. The van der Waals surface area contributed by atoms with Crippen molar-refractivity contribution in [1.29, 1.82) is 0 Å². The molecule has 34 valence electrons. The number of rotatable bonds is 1. The van der Waals surface area contributed by atoms with Gasteiger partial charge in [0.1, 0.15) is 0 Å². The fraction of sp³-hybridized carbons (Fsp3) is 1.00. The second-order valence-corrected chi connectivity index (χ2v) is 1.29. The first-order valence-corrected chi connectivity index (χ1v) is 1.69. The molecule has 0 N–H and O–H groups in total. The normalized spacial score (nSPS) is 16.8. The minimum atomic E-state index is 1.50. The Labute approximate surface area is 36.0 Å². The molecule has 0 saturated heterocycles. The first-order chi connectivity index (χ1) is 2.80. The summed E-state index contributed by atoms with van der Waals surface area (Å²) >= 11 is 0. The fourth-order valence-electron chi connectivity index (χ4n) is 0.178. The smallest absolute Gasteiger partial charge is 0.0101 e. The third-order valence-electron chi connectivity index (χ3n) is 0.527. The molecule has 0 aromatic rings. The maximum atomic E-state index is 3.49. The highest BCUT2D eigenvalue weighted by Crippen LogP contribution is 2.06. The van der Waals surface area contributed by atoms with Crippen LogP contribution in [0.25, 0.3) is 0 Å². The summed E-state index contributed by atoms with van der Waals surface area (Å²) < 4.78 is 0. The van der Waals surface area contributed by atoms with Gasteiger partial charge in [0.25, 0.3) is 0 Å². The third kappa shape index (κ3) is 0.463. The van der Waals surface area contributed by atoms with Crippen LogP contribution in [-0.2, 0) is 0 Å². The molecule has 0 bridgehead atoms. The van der Waals surface area contributed by atoms with E-state index in [2.05, 4.69) is 10.4 Å². The van der Waals surface area contributed by atoms with Crippen molar-refractivity contribution in [3.8, 4) is 0 Å². The van der Waals surface area contributed by atoms with E-state index in [1.807, 2.05) is 14.1 Å². The zero-order chi connectivity index (χ0) is 4.57. The van der Waals surface area contributed by atoms with E-state index in [1.54, 1.807) is 5.01 Å². The largest absolute Gasteiger partial charge is 0.186 e. The molecule has 0 spiro atoms. The van der Waals surface area contributed by atoms with Crippen LogP contribution in [0.1, 0.15) is 0 Å². The molecule has 4 nitrogen and oxygen atoms in total. The van der Waals surface area contributed by atoms with E-state index in [0.29, 0.717) is 0 Å². The zero-order valence-electron chi connectivity index (χ0n) is 3.79. The SMILES string of the molecule is CN(C)N1N=N1. The van der Waals surface area contributed by atoms with Crippen LogP contribution >= 0.6 is 0 Å². The molecule has 6 heavy (non-hydrogen) atoms. The van der Waals surface area contributed by atoms with Crippen LogP contribution < -0.4 is 0 Å². The topological polar surface area (TPSA) is 31.0 Å². The van der Waals surface area contributed by atoms with E-state index in [4.69, 9.17) is 0 Å². The molecule has 0 atom stereocenters. The van der Waals surface area contributed by atoms with Gasteiger partial charge in [-0.05, 0) is 10.4 Å². The highest BCUT2D eigenvalue weighted by molar-refractivity contribution is 4.33. The van der Waals surface area contributed by atoms with Gasteiger partial charge in [-0.15, -0.1) is 0 Å². The molecule has 0 aromatic heterocycles. The molecule has 0 amide bonds. The zero-order valence-corrected chi connectivity index (χ0v) is 3.79. The molecule has 0 saturated carbocycles. The second kappa shape index (κ2) is 0.909. The summed E-state index contributed by atoms with van der Waals surface area (Å²) in [5.41, 5.74) is 0. The van der Waals surface area contributed by atoms with Gasteiger partial charge in [-0.1, -0.05) is 5.23 Å². The highest BCUT2D eigenvalue weighted by atomic mass is 16.1. The quantitative estimate of drug-likeness (QED) is 0.452. The lowest BCUT2D eigenvalue weighted by atomic mass is 11.2. The van der Waals surface area contributed by atoms with Gasteiger partial charge in [0.05, 0.1) is 0 Å². The molecule has 0 aromatic carbocycles. The molecule has 4 heteroatoms. The predicted molar refractivity (Wildman–Crippen MR) is 20.4 cm³/mol. The lowest BCUT2D eigenvalue weighted by Crippen LogP contribution is -2.17. The van der Waals surface area contributed by atoms with Gasteiger partial charge < -0.3 is 0 Å². The number of nitrogens with zero attached hydrogens (tertiary/aromatic N) is 4. The third-order valence-corrected chi connectivity index (χ3v) is 0.527. The maximum absolute atomic E-state index is 3.49. The highest BCUT2D eigenvalue weighted by Gasteiger charge is 2.11. The summed E-state index contributed by atoms with van der Waals surface area (Å²) in [6.45, 7) is 0. The van der Waals surface area contributed by atoms with Crippen molar-refractivity contribution in [2.45, 2.75) is 0 Å². The Morgan fingerprint density at radius 3 is 1.83 bits per heavy atom. The monoisotopic (exact) mass is 86.1 g/mol.